The molecule has 2 aromatic heterocycles. The number of aromatic nitrogens is 2. The maximum absolute atomic E-state index is 12.4. The summed E-state index contributed by atoms with van der Waals surface area (Å²) in [5.41, 5.74) is 0.324. The second kappa shape index (κ2) is 7.62. The van der Waals surface area contributed by atoms with Crippen molar-refractivity contribution in [3.8, 4) is 0 Å². The minimum absolute atomic E-state index is 0.0305. The van der Waals surface area contributed by atoms with Crippen molar-refractivity contribution < 1.29 is 27.4 Å². The fourth-order valence-electron chi connectivity index (χ4n) is 1.70. The SMILES string of the molecule is COC(=O)OCc1ccc(NCc2ccc(C(F)(F)F)nc2)nc1. The molecule has 9 heteroatoms. The third kappa shape index (κ3) is 5.11. The van der Waals surface area contributed by atoms with E-state index < -0.39 is 18.0 Å². The number of halogens is 3. The van der Waals surface area contributed by atoms with Crippen molar-refractivity contribution in [3.05, 3.63) is 53.5 Å². The molecule has 0 fully saturated rings. The molecule has 0 aliphatic rings. The molecule has 0 unspecified atom stereocenters. The molecular formula is C15H14F3N3O3. The first-order valence-corrected chi connectivity index (χ1v) is 6.80. The van der Waals surface area contributed by atoms with E-state index in [0.717, 1.165) is 12.3 Å². The Labute approximate surface area is 135 Å². The van der Waals surface area contributed by atoms with E-state index in [-0.39, 0.29) is 13.2 Å². The molecule has 2 aromatic rings. The van der Waals surface area contributed by atoms with Gasteiger partial charge in [0, 0.05) is 24.5 Å². The van der Waals surface area contributed by atoms with Gasteiger partial charge < -0.3 is 14.8 Å². The Bertz CT molecular complexity index is 673. The van der Waals surface area contributed by atoms with Gasteiger partial charge >= 0.3 is 12.3 Å². The number of carbonyl (C=O) groups is 1. The number of rotatable bonds is 5. The molecule has 1 N–H and O–H groups in total. The van der Waals surface area contributed by atoms with Gasteiger partial charge in [0.05, 0.1) is 7.11 Å². The summed E-state index contributed by atoms with van der Waals surface area (Å²) in [6.45, 7) is 0.304. The van der Waals surface area contributed by atoms with Crippen molar-refractivity contribution in [3.63, 3.8) is 0 Å². The van der Waals surface area contributed by atoms with E-state index in [1.807, 2.05) is 0 Å². The molecule has 0 saturated carbocycles. The molecule has 128 valence electrons. The van der Waals surface area contributed by atoms with Crippen LogP contribution in [0.1, 0.15) is 16.8 Å². The van der Waals surface area contributed by atoms with Crippen LogP contribution in [-0.4, -0.2) is 23.2 Å². The van der Waals surface area contributed by atoms with E-state index in [1.165, 1.54) is 19.4 Å². The Morgan fingerprint density at radius 2 is 1.83 bits per heavy atom. The molecular weight excluding hydrogens is 327 g/mol. The summed E-state index contributed by atoms with van der Waals surface area (Å²) < 4.78 is 46.4. The van der Waals surface area contributed by atoms with Crippen LogP contribution in [0.25, 0.3) is 0 Å². The molecule has 0 radical (unpaired) electrons. The summed E-state index contributed by atoms with van der Waals surface area (Å²) in [6, 6.07) is 5.63. The van der Waals surface area contributed by atoms with Crippen LogP contribution in [0.3, 0.4) is 0 Å². The predicted octanol–water partition coefficient (Wildman–Crippen LogP) is 3.39. The second-order valence-corrected chi connectivity index (χ2v) is 4.70. The molecule has 0 spiro atoms. The van der Waals surface area contributed by atoms with Crippen molar-refractivity contribution in [2.45, 2.75) is 19.3 Å². The van der Waals surface area contributed by atoms with Gasteiger partial charge in [0.15, 0.2) is 0 Å². The number of methoxy groups -OCH3 is 1. The molecule has 0 atom stereocenters. The second-order valence-electron chi connectivity index (χ2n) is 4.70. The fraction of sp³-hybridized carbons (Fsp3) is 0.267. The number of hydrogen-bond acceptors (Lipinski definition) is 6. The molecule has 0 bridgehead atoms. The van der Waals surface area contributed by atoms with Gasteiger partial charge in [-0.2, -0.15) is 13.2 Å². The molecule has 6 nitrogen and oxygen atoms in total. The van der Waals surface area contributed by atoms with Crippen LogP contribution in [0.15, 0.2) is 36.7 Å². The number of nitrogens with one attached hydrogen (secondary N) is 1. The van der Waals surface area contributed by atoms with Gasteiger partial charge in [-0.05, 0) is 17.7 Å². The summed E-state index contributed by atoms with van der Waals surface area (Å²) >= 11 is 0. The highest BCUT2D eigenvalue weighted by atomic mass is 19.4. The summed E-state index contributed by atoms with van der Waals surface area (Å²) in [7, 11) is 1.21. The highest BCUT2D eigenvalue weighted by molar-refractivity contribution is 5.59. The first-order valence-electron chi connectivity index (χ1n) is 6.80. The minimum atomic E-state index is -4.45. The van der Waals surface area contributed by atoms with Gasteiger partial charge in [-0.25, -0.2) is 9.78 Å². The van der Waals surface area contributed by atoms with E-state index in [0.29, 0.717) is 16.9 Å². The van der Waals surface area contributed by atoms with Gasteiger partial charge in [0.2, 0.25) is 0 Å². The number of pyridine rings is 2. The molecule has 0 aromatic carbocycles. The Balaban J connectivity index is 1.87. The summed E-state index contributed by atoms with van der Waals surface area (Å²) in [6.07, 6.45) is -2.56. The van der Waals surface area contributed by atoms with Crippen LogP contribution >= 0.6 is 0 Å². The maximum atomic E-state index is 12.4. The lowest BCUT2D eigenvalue weighted by Gasteiger charge is -2.08. The lowest BCUT2D eigenvalue weighted by Crippen LogP contribution is -2.09. The lowest BCUT2D eigenvalue weighted by molar-refractivity contribution is -0.141. The monoisotopic (exact) mass is 341 g/mol. The van der Waals surface area contributed by atoms with Crippen molar-refractivity contribution >= 4 is 12.0 Å². The topological polar surface area (TPSA) is 73.3 Å². The average Bonchev–Trinajstić information content (AvgIpc) is 2.58. The van der Waals surface area contributed by atoms with E-state index in [9.17, 15) is 18.0 Å². The molecule has 0 aliphatic heterocycles. The summed E-state index contributed by atoms with van der Waals surface area (Å²) in [4.78, 5) is 18.3. The third-order valence-corrected chi connectivity index (χ3v) is 2.94. The Kier molecular flexibility index (Phi) is 5.56. The minimum Gasteiger partial charge on any atom is -0.438 e. The Morgan fingerprint density at radius 3 is 2.38 bits per heavy atom. The summed E-state index contributed by atoms with van der Waals surface area (Å²) in [5.74, 6) is 0.525. The molecule has 24 heavy (non-hydrogen) atoms. The number of ether oxygens (including phenoxy) is 2. The average molecular weight is 341 g/mol. The number of nitrogens with zero attached hydrogens (tertiary/aromatic N) is 2. The van der Waals surface area contributed by atoms with Crippen LogP contribution in [0.5, 0.6) is 0 Å². The van der Waals surface area contributed by atoms with Gasteiger partial charge in [-0.15, -0.1) is 0 Å². The van der Waals surface area contributed by atoms with Crippen LogP contribution < -0.4 is 5.32 Å². The third-order valence-electron chi connectivity index (χ3n) is 2.94. The van der Waals surface area contributed by atoms with Gasteiger partial charge in [0.25, 0.3) is 0 Å². The zero-order valence-electron chi connectivity index (χ0n) is 12.6. The lowest BCUT2D eigenvalue weighted by atomic mass is 10.2. The smallest absolute Gasteiger partial charge is 0.438 e. The standard InChI is InChI=1S/C15H14F3N3O3/c1-23-14(22)24-9-11-3-5-13(21-8-11)20-7-10-2-4-12(19-6-10)15(16,17)18/h2-6,8H,7,9H2,1H3,(H,20,21). The van der Waals surface area contributed by atoms with Gasteiger partial charge in [0.1, 0.15) is 18.1 Å². The summed E-state index contributed by atoms with van der Waals surface area (Å²) in [5, 5.41) is 2.96. The quantitative estimate of drug-likeness (QED) is 0.841. The zero-order chi connectivity index (χ0) is 17.6. The first kappa shape index (κ1) is 17.5. The largest absolute Gasteiger partial charge is 0.508 e. The van der Waals surface area contributed by atoms with E-state index in [2.05, 4.69) is 20.0 Å². The first-order chi connectivity index (χ1) is 11.4. The molecule has 2 heterocycles. The fourth-order valence-corrected chi connectivity index (χ4v) is 1.70. The van der Waals surface area contributed by atoms with Crippen molar-refractivity contribution in [1.29, 1.82) is 0 Å². The van der Waals surface area contributed by atoms with E-state index in [1.54, 1.807) is 12.1 Å². The van der Waals surface area contributed by atoms with Crippen molar-refractivity contribution in [2.24, 2.45) is 0 Å². The van der Waals surface area contributed by atoms with Crippen molar-refractivity contribution in [2.75, 3.05) is 12.4 Å². The normalized spacial score (nSPS) is 11.0. The molecule has 0 saturated heterocycles. The van der Waals surface area contributed by atoms with Crippen LogP contribution in [0, 0.1) is 0 Å². The molecule has 0 amide bonds. The number of alkyl halides is 3. The maximum Gasteiger partial charge on any atom is 0.508 e. The number of anilines is 1. The van der Waals surface area contributed by atoms with Crippen molar-refractivity contribution in [1.82, 2.24) is 9.97 Å². The number of carbonyl (C=O) groups excluding carboxylic acids is 1. The molecule has 0 aliphatic carbocycles. The van der Waals surface area contributed by atoms with Crippen LogP contribution in [-0.2, 0) is 28.8 Å². The molecule has 2 rings (SSSR count). The number of hydrogen-bond donors (Lipinski definition) is 1. The Hall–Kier alpha value is -2.84. The van der Waals surface area contributed by atoms with Gasteiger partial charge in [-0.1, -0.05) is 12.1 Å². The van der Waals surface area contributed by atoms with Crippen LogP contribution in [0.4, 0.5) is 23.8 Å². The highest BCUT2D eigenvalue weighted by Crippen LogP contribution is 2.27. The van der Waals surface area contributed by atoms with E-state index >= 15 is 0 Å². The predicted molar refractivity (Wildman–Crippen MR) is 78.0 cm³/mol. The highest BCUT2D eigenvalue weighted by Gasteiger charge is 2.31. The van der Waals surface area contributed by atoms with Crippen LogP contribution in [0.2, 0.25) is 0 Å². The van der Waals surface area contributed by atoms with Gasteiger partial charge in [-0.3, -0.25) is 4.98 Å². The zero-order valence-corrected chi connectivity index (χ0v) is 12.6. The Morgan fingerprint density at radius 1 is 1.12 bits per heavy atom. The van der Waals surface area contributed by atoms with E-state index in [4.69, 9.17) is 4.74 Å².